The van der Waals surface area contributed by atoms with Crippen LogP contribution in [0.2, 0.25) is 15.1 Å². The van der Waals surface area contributed by atoms with Gasteiger partial charge in [0, 0.05) is 32.7 Å². The summed E-state index contributed by atoms with van der Waals surface area (Å²) in [5.41, 5.74) is 1.39. The van der Waals surface area contributed by atoms with Crippen LogP contribution in [0.15, 0.2) is 71.6 Å². The molecule has 12 heteroatoms. The van der Waals surface area contributed by atoms with E-state index in [9.17, 15) is 18.0 Å². The van der Waals surface area contributed by atoms with Crippen molar-refractivity contribution in [3.8, 4) is 0 Å². The molecule has 1 aliphatic rings. The van der Waals surface area contributed by atoms with Crippen molar-refractivity contribution in [2.75, 3.05) is 38.1 Å². The molecule has 0 bridgehead atoms. The van der Waals surface area contributed by atoms with Gasteiger partial charge in [-0.15, -0.1) is 0 Å². The highest BCUT2D eigenvalue weighted by molar-refractivity contribution is 7.89. The van der Waals surface area contributed by atoms with Gasteiger partial charge in [-0.2, -0.15) is 4.31 Å². The summed E-state index contributed by atoms with van der Waals surface area (Å²) in [6.07, 6.45) is 0. The van der Waals surface area contributed by atoms with Gasteiger partial charge >= 0.3 is 5.97 Å². The van der Waals surface area contributed by atoms with Crippen molar-refractivity contribution >= 4 is 62.4 Å². The molecule has 3 aromatic carbocycles. The van der Waals surface area contributed by atoms with Gasteiger partial charge in [-0.3, -0.25) is 9.69 Å². The number of carbonyl (C=O) groups is 2. The van der Waals surface area contributed by atoms with Crippen molar-refractivity contribution < 1.29 is 22.7 Å². The van der Waals surface area contributed by atoms with Gasteiger partial charge in [0.2, 0.25) is 10.0 Å². The first kappa shape index (κ1) is 28.4. The van der Waals surface area contributed by atoms with E-state index in [0.29, 0.717) is 26.2 Å². The second-order valence-electron chi connectivity index (χ2n) is 8.56. The lowest BCUT2D eigenvalue weighted by Gasteiger charge is -2.34. The van der Waals surface area contributed by atoms with E-state index in [0.717, 1.165) is 6.54 Å². The molecule has 4 rings (SSSR count). The molecule has 38 heavy (non-hydrogen) atoms. The summed E-state index contributed by atoms with van der Waals surface area (Å²) in [6, 6.07) is 18.3. The van der Waals surface area contributed by atoms with Crippen LogP contribution in [0, 0.1) is 0 Å². The molecular weight excluding hydrogens is 573 g/mol. The molecule has 1 heterocycles. The SMILES string of the molecule is O=C(COC(=O)c1cccc(S(=O)(=O)N2CCN(Cc3ccccc3)CC2)c1)Nc1cc(Cl)c(Cl)cc1Cl. The van der Waals surface area contributed by atoms with E-state index in [-0.39, 0.29) is 31.2 Å². The minimum absolute atomic E-state index is 0.00848. The summed E-state index contributed by atoms with van der Waals surface area (Å²) in [5, 5.41) is 3.07. The van der Waals surface area contributed by atoms with Crippen molar-refractivity contribution in [3.05, 3.63) is 92.9 Å². The number of piperazine rings is 1. The van der Waals surface area contributed by atoms with Crippen LogP contribution in [0.3, 0.4) is 0 Å². The van der Waals surface area contributed by atoms with Gasteiger partial charge in [-0.05, 0) is 35.9 Å². The Bertz CT molecular complexity index is 1430. The second kappa shape index (κ2) is 12.5. The zero-order chi connectivity index (χ0) is 27.3. The van der Waals surface area contributed by atoms with E-state index in [4.69, 9.17) is 39.5 Å². The van der Waals surface area contributed by atoms with Gasteiger partial charge in [0.1, 0.15) is 0 Å². The predicted octanol–water partition coefficient (Wildman–Crippen LogP) is 4.95. The Balaban J connectivity index is 1.34. The summed E-state index contributed by atoms with van der Waals surface area (Å²) in [5.74, 6) is -1.50. The molecule has 1 saturated heterocycles. The molecule has 0 atom stereocenters. The largest absolute Gasteiger partial charge is 0.452 e. The second-order valence-corrected chi connectivity index (χ2v) is 11.7. The average molecular weight is 597 g/mol. The van der Waals surface area contributed by atoms with E-state index in [2.05, 4.69) is 10.2 Å². The maximum atomic E-state index is 13.2. The monoisotopic (exact) mass is 595 g/mol. The minimum atomic E-state index is -3.82. The predicted molar refractivity (Wildman–Crippen MR) is 147 cm³/mol. The number of rotatable bonds is 8. The molecule has 0 unspecified atom stereocenters. The van der Waals surface area contributed by atoms with E-state index in [1.807, 2.05) is 30.3 Å². The van der Waals surface area contributed by atoms with Crippen molar-refractivity contribution in [1.29, 1.82) is 0 Å². The molecule has 1 fully saturated rings. The fourth-order valence-electron chi connectivity index (χ4n) is 3.92. The summed E-state index contributed by atoms with van der Waals surface area (Å²) in [4.78, 5) is 27.0. The minimum Gasteiger partial charge on any atom is -0.452 e. The number of sulfonamides is 1. The smallest absolute Gasteiger partial charge is 0.338 e. The first-order valence-corrected chi connectivity index (χ1v) is 14.2. The Morgan fingerprint density at radius 3 is 2.24 bits per heavy atom. The molecule has 200 valence electrons. The highest BCUT2D eigenvalue weighted by Gasteiger charge is 2.29. The molecule has 3 aromatic rings. The topological polar surface area (TPSA) is 96.0 Å². The van der Waals surface area contributed by atoms with E-state index in [1.165, 1.54) is 46.3 Å². The van der Waals surface area contributed by atoms with Crippen molar-refractivity contribution in [2.24, 2.45) is 0 Å². The van der Waals surface area contributed by atoms with Gasteiger partial charge in [0.25, 0.3) is 5.91 Å². The maximum absolute atomic E-state index is 13.2. The highest BCUT2D eigenvalue weighted by Crippen LogP contribution is 2.32. The van der Waals surface area contributed by atoms with Crippen molar-refractivity contribution in [2.45, 2.75) is 11.4 Å². The number of ether oxygens (including phenoxy) is 1. The average Bonchev–Trinajstić information content (AvgIpc) is 2.91. The Labute approximate surface area is 236 Å². The fraction of sp³-hybridized carbons (Fsp3) is 0.231. The van der Waals surface area contributed by atoms with Crippen LogP contribution in [0.4, 0.5) is 5.69 Å². The number of hydrogen-bond acceptors (Lipinski definition) is 6. The third-order valence-electron chi connectivity index (χ3n) is 5.91. The van der Waals surface area contributed by atoms with Crippen LogP contribution in [0.5, 0.6) is 0 Å². The number of halogens is 3. The molecule has 0 spiro atoms. The van der Waals surface area contributed by atoms with E-state index in [1.54, 1.807) is 0 Å². The first-order valence-electron chi connectivity index (χ1n) is 11.6. The Hall–Kier alpha value is -2.66. The zero-order valence-electron chi connectivity index (χ0n) is 20.1. The van der Waals surface area contributed by atoms with Gasteiger partial charge in [0.05, 0.1) is 31.2 Å². The summed E-state index contributed by atoms with van der Waals surface area (Å²) in [7, 11) is -3.82. The molecular formula is C26H24Cl3N3O5S. The molecule has 0 aromatic heterocycles. The van der Waals surface area contributed by atoms with Gasteiger partial charge < -0.3 is 10.1 Å². The molecule has 8 nitrogen and oxygen atoms in total. The Morgan fingerprint density at radius 1 is 0.842 bits per heavy atom. The third-order valence-corrected chi connectivity index (χ3v) is 8.84. The van der Waals surface area contributed by atoms with Crippen LogP contribution in [0.1, 0.15) is 15.9 Å². The summed E-state index contributed by atoms with van der Waals surface area (Å²) < 4.78 is 33.0. The van der Waals surface area contributed by atoms with Crippen LogP contribution in [-0.2, 0) is 26.1 Å². The van der Waals surface area contributed by atoms with Gasteiger partial charge in [-0.1, -0.05) is 71.2 Å². The van der Waals surface area contributed by atoms with Crippen LogP contribution in [0.25, 0.3) is 0 Å². The number of nitrogens with zero attached hydrogens (tertiary/aromatic N) is 2. The lowest BCUT2D eigenvalue weighted by molar-refractivity contribution is -0.119. The number of benzene rings is 3. The molecule has 0 saturated carbocycles. The number of nitrogens with one attached hydrogen (secondary N) is 1. The van der Waals surface area contributed by atoms with Crippen molar-refractivity contribution in [1.82, 2.24) is 9.21 Å². The van der Waals surface area contributed by atoms with E-state index < -0.39 is 28.5 Å². The van der Waals surface area contributed by atoms with Crippen LogP contribution < -0.4 is 5.32 Å². The van der Waals surface area contributed by atoms with Crippen molar-refractivity contribution in [3.63, 3.8) is 0 Å². The maximum Gasteiger partial charge on any atom is 0.338 e. The normalized spacial score (nSPS) is 14.7. The van der Waals surface area contributed by atoms with Gasteiger partial charge in [-0.25, -0.2) is 13.2 Å². The van der Waals surface area contributed by atoms with E-state index >= 15 is 0 Å². The van der Waals surface area contributed by atoms with Crippen LogP contribution in [-0.4, -0.2) is 62.3 Å². The Morgan fingerprint density at radius 2 is 1.53 bits per heavy atom. The number of amides is 1. The molecule has 1 aliphatic heterocycles. The first-order chi connectivity index (χ1) is 18.1. The molecule has 1 N–H and O–H groups in total. The number of hydrogen-bond donors (Lipinski definition) is 1. The summed E-state index contributed by atoms with van der Waals surface area (Å²) >= 11 is 17.9. The molecule has 0 radical (unpaired) electrons. The molecule has 1 amide bonds. The third kappa shape index (κ3) is 7.05. The quantitative estimate of drug-likeness (QED) is 0.292. The van der Waals surface area contributed by atoms with Crippen LogP contribution >= 0.6 is 34.8 Å². The zero-order valence-corrected chi connectivity index (χ0v) is 23.2. The number of anilines is 1. The Kier molecular flexibility index (Phi) is 9.30. The summed E-state index contributed by atoms with van der Waals surface area (Å²) in [6.45, 7) is 1.99. The standard InChI is InChI=1S/C26H24Cl3N3O5S/c27-21-14-23(29)24(15-22(21)28)30-25(33)17-37-26(34)19-7-4-8-20(13-19)38(35,36)32-11-9-31(10-12-32)16-18-5-2-1-3-6-18/h1-8,13-15H,9-12,16-17H2,(H,30,33). The lowest BCUT2D eigenvalue weighted by atomic mass is 10.2. The molecule has 0 aliphatic carbocycles. The number of carbonyl (C=O) groups excluding carboxylic acids is 2. The highest BCUT2D eigenvalue weighted by atomic mass is 35.5. The lowest BCUT2D eigenvalue weighted by Crippen LogP contribution is -2.48. The fourth-order valence-corrected chi connectivity index (χ4v) is 5.98. The number of esters is 1. The van der Waals surface area contributed by atoms with Gasteiger partial charge in [0.15, 0.2) is 6.61 Å².